The van der Waals surface area contributed by atoms with Crippen molar-refractivity contribution < 1.29 is 63.8 Å². The van der Waals surface area contributed by atoms with Gasteiger partial charge in [0.25, 0.3) is 0 Å². The van der Waals surface area contributed by atoms with Gasteiger partial charge < -0.3 is 118 Å². The summed E-state index contributed by atoms with van der Waals surface area (Å²) in [5.41, 5.74) is 44.7. The molecule has 6 aromatic rings. The number of nitrogens with one attached hydrogen (secondary N) is 2. The Balaban J connectivity index is 0.639. The van der Waals surface area contributed by atoms with Crippen LogP contribution in [0.3, 0.4) is 0 Å². The molecule has 19 atom stereocenters. The molecule has 5 aliphatic rings. The van der Waals surface area contributed by atoms with Gasteiger partial charge in [0.05, 0.1) is 59.1 Å². The first-order valence-electron chi connectivity index (χ1n) is 30.0. The van der Waals surface area contributed by atoms with Gasteiger partial charge in [0.2, 0.25) is 0 Å². The fourth-order valence-electron chi connectivity index (χ4n) is 12.2. The Bertz CT molecular complexity index is 3130. The van der Waals surface area contributed by atoms with E-state index in [1.807, 2.05) is 30.3 Å². The van der Waals surface area contributed by atoms with Crippen LogP contribution in [0.25, 0.3) is 44.8 Å². The van der Waals surface area contributed by atoms with Crippen LogP contribution in [0.5, 0.6) is 5.75 Å². The number of hydrogen-bond acceptors (Lipinski definition) is 25. The van der Waals surface area contributed by atoms with Gasteiger partial charge in [-0.05, 0) is 93.4 Å². The normalized spacial score (nSPS) is 33.7. The number of imidazole rings is 2. The van der Waals surface area contributed by atoms with Crippen molar-refractivity contribution >= 4 is 27.8 Å². The number of fused-ring (bicyclic) bond motifs is 2. The first-order chi connectivity index (χ1) is 41.5. The number of H-pyrrole nitrogens is 2. The highest BCUT2D eigenvalue weighted by molar-refractivity contribution is 5.87. The Hall–Kier alpha value is -5.42. The van der Waals surface area contributed by atoms with Crippen LogP contribution >= 0.6 is 0 Å². The lowest BCUT2D eigenvalue weighted by atomic mass is 9.84. The van der Waals surface area contributed by atoms with E-state index in [0.29, 0.717) is 13.0 Å². The standard InChI is InChI=1S/C58H85N15O13/c1-71-17-19-72(20-18-71)32-12-16-37-39(23-32)68-55(66-37)30-11-15-36-38(22-30)67-54(65-36)29-9-13-33(14-10-29)80-21-7-5-3-2-4-6-8-31-27-73(70-69-31)28-42-52(85-57-44(64)49(78)47(76)41(26-60)82-57)50(79)58(83-42)86-53-45(74)34(61)24-35(62)51(53)84-56-43(63)48(77)46(75)40(25-59)81-56/h9-16,22-23,27,34-35,40-53,56-58,74-79H,2-8,17-21,24-26,28,59-64H2,1H3,(H,65,67)(H,66,68)/t34-,35+,40-,41?,42-,43-,44-,45+,46-,47-,48-,49-,50-,51-,52-,53-,56-,57-,58+/m1/s1. The molecule has 4 saturated heterocycles. The van der Waals surface area contributed by atoms with Crippen molar-refractivity contribution in [2.75, 3.05) is 57.8 Å². The van der Waals surface area contributed by atoms with E-state index in [9.17, 15) is 30.6 Å². The summed E-state index contributed by atoms with van der Waals surface area (Å²) in [7, 11) is 2.17. The predicted molar refractivity (Wildman–Crippen MR) is 315 cm³/mol. The molecule has 1 unspecified atom stereocenters. The fraction of sp³-hybridized carbons (Fsp3) is 0.621. The number of aryl methyl sites for hydroxylation is 1. The second-order valence-corrected chi connectivity index (χ2v) is 23.6. The molecule has 0 amide bonds. The number of likely N-dealkylation sites (N-methyl/N-ethyl adjacent to an activating group) is 1. The fourth-order valence-corrected chi connectivity index (χ4v) is 12.2. The number of unbranched alkanes of at least 4 members (excludes halogenated alkanes) is 5. The molecule has 3 aromatic heterocycles. The highest BCUT2D eigenvalue weighted by atomic mass is 16.8. The van der Waals surface area contributed by atoms with Crippen molar-refractivity contribution in [2.24, 2.45) is 34.4 Å². The summed E-state index contributed by atoms with van der Waals surface area (Å²) < 4.78 is 44.5. The summed E-state index contributed by atoms with van der Waals surface area (Å²) in [6.45, 7) is 4.38. The Kier molecular flexibility index (Phi) is 19.9. The van der Waals surface area contributed by atoms with E-state index in [1.165, 1.54) is 5.69 Å². The van der Waals surface area contributed by atoms with Crippen LogP contribution in [-0.2, 0) is 41.4 Å². The number of rotatable bonds is 23. The Morgan fingerprint density at radius 1 is 0.581 bits per heavy atom. The SMILES string of the molecule is CN1CCN(c2ccc3nc(-c4ccc5nc(-c6ccc(OCCCCCCCCc7cn(C[C@H]8O[C@@H](O[C@@H]9[C@@H](O)[C@H](N)C[C@H](N)[C@H]9O[C@H]9O[C@H](CN)[C@@H](O)[C@H](O)[C@H]9N)[C@H](O)[C@@H]8O[C@H]8OC(CN)[C@@H](O)[C@H](O)[C@H]8N)nn7)cc6)[nH]c5c4)[nH]c3c2)CC1. The van der Waals surface area contributed by atoms with E-state index < -0.39 is 116 Å². The molecular weight excluding hydrogens is 1110 g/mol. The van der Waals surface area contributed by atoms with Crippen LogP contribution in [0.1, 0.15) is 50.6 Å². The largest absolute Gasteiger partial charge is 0.494 e. The van der Waals surface area contributed by atoms with Crippen LogP contribution in [0.4, 0.5) is 5.69 Å². The Morgan fingerprint density at radius 3 is 1.81 bits per heavy atom. The first-order valence-corrected chi connectivity index (χ1v) is 30.0. The average molecular weight is 1200 g/mol. The molecule has 1 aliphatic carbocycles. The maximum absolute atomic E-state index is 11.9. The number of piperazine rings is 1. The van der Waals surface area contributed by atoms with Crippen LogP contribution < -0.4 is 44.0 Å². The average Bonchev–Trinajstić information content (AvgIpc) is 3.70. The van der Waals surface area contributed by atoms with E-state index in [-0.39, 0.29) is 26.1 Å². The topological polar surface area (TPSA) is 437 Å². The predicted octanol–water partition coefficient (Wildman–Crippen LogP) is -1.80. The number of benzene rings is 3. The zero-order valence-electron chi connectivity index (χ0n) is 48.3. The van der Waals surface area contributed by atoms with Crippen molar-refractivity contribution in [3.05, 3.63) is 72.6 Å². The number of aliphatic hydroxyl groups is 6. The highest BCUT2D eigenvalue weighted by Gasteiger charge is 2.55. The van der Waals surface area contributed by atoms with Gasteiger partial charge in [0.1, 0.15) is 84.5 Å². The number of aromatic nitrogens is 7. The van der Waals surface area contributed by atoms with Crippen molar-refractivity contribution in [1.29, 1.82) is 0 Å². The molecule has 1 saturated carbocycles. The number of nitrogens with two attached hydrogens (primary N) is 6. The third kappa shape index (κ3) is 13.7. The number of hydrogen-bond donors (Lipinski definition) is 14. The molecule has 28 heteroatoms. The van der Waals surface area contributed by atoms with E-state index in [1.54, 1.807) is 10.9 Å². The quantitative estimate of drug-likeness (QED) is 0.0315. The number of aliphatic hydroxyl groups excluding tert-OH is 6. The van der Waals surface area contributed by atoms with Crippen molar-refractivity contribution in [1.82, 2.24) is 39.8 Å². The molecule has 0 radical (unpaired) electrons. The van der Waals surface area contributed by atoms with E-state index in [0.717, 1.165) is 121 Å². The maximum atomic E-state index is 11.9. The highest BCUT2D eigenvalue weighted by Crippen LogP contribution is 2.36. The van der Waals surface area contributed by atoms with Crippen molar-refractivity contribution in [2.45, 2.75) is 174 Å². The lowest BCUT2D eigenvalue weighted by Crippen LogP contribution is -2.68. The monoisotopic (exact) mass is 1200 g/mol. The summed E-state index contributed by atoms with van der Waals surface area (Å²) >= 11 is 0. The molecule has 28 nitrogen and oxygen atoms in total. The van der Waals surface area contributed by atoms with Crippen LogP contribution in [0.15, 0.2) is 66.9 Å². The lowest BCUT2D eigenvalue weighted by molar-refractivity contribution is -0.306. The van der Waals surface area contributed by atoms with Gasteiger partial charge in [-0.25, -0.2) is 14.6 Å². The molecular formula is C58H85N15O13. The minimum atomic E-state index is -1.60. The van der Waals surface area contributed by atoms with Crippen molar-refractivity contribution in [3.63, 3.8) is 0 Å². The number of nitrogens with zero attached hydrogens (tertiary/aromatic N) is 7. The molecule has 0 spiro atoms. The van der Waals surface area contributed by atoms with Gasteiger partial charge in [-0.1, -0.05) is 30.9 Å². The molecule has 7 heterocycles. The van der Waals surface area contributed by atoms with Gasteiger partial charge in [-0.3, -0.25) is 0 Å². The minimum Gasteiger partial charge on any atom is -0.494 e. The van der Waals surface area contributed by atoms with Gasteiger partial charge in [0, 0.05) is 74.4 Å². The van der Waals surface area contributed by atoms with Crippen LogP contribution in [-0.4, -0.2) is 240 Å². The van der Waals surface area contributed by atoms with E-state index >= 15 is 0 Å². The summed E-state index contributed by atoms with van der Waals surface area (Å²) in [6, 6.07) is 16.3. The summed E-state index contributed by atoms with van der Waals surface area (Å²) in [5.74, 6) is 2.40. The Labute approximate surface area is 497 Å². The zero-order valence-corrected chi connectivity index (χ0v) is 48.3. The van der Waals surface area contributed by atoms with Gasteiger partial charge in [-0.2, -0.15) is 0 Å². The molecule has 470 valence electrons. The molecule has 4 aliphatic heterocycles. The zero-order chi connectivity index (χ0) is 60.3. The van der Waals surface area contributed by atoms with E-state index in [4.69, 9.17) is 77.5 Å². The smallest absolute Gasteiger partial charge is 0.187 e. The summed E-state index contributed by atoms with van der Waals surface area (Å²) in [4.78, 5) is 21.6. The molecule has 0 bridgehead atoms. The van der Waals surface area contributed by atoms with Crippen LogP contribution in [0.2, 0.25) is 0 Å². The van der Waals surface area contributed by atoms with Crippen LogP contribution in [0, 0.1) is 0 Å². The molecule has 20 N–H and O–H groups in total. The first kappa shape index (κ1) is 62.2. The summed E-state index contributed by atoms with van der Waals surface area (Å²) in [5, 5.41) is 74.6. The lowest BCUT2D eigenvalue weighted by Gasteiger charge is -2.47. The Morgan fingerprint density at radius 2 is 1.15 bits per heavy atom. The maximum Gasteiger partial charge on any atom is 0.187 e. The number of ether oxygens (including phenoxy) is 7. The molecule has 11 rings (SSSR count). The molecule has 5 fully saturated rings. The third-order valence-corrected chi connectivity index (χ3v) is 17.5. The number of anilines is 1. The third-order valence-electron chi connectivity index (χ3n) is 17.5. The minimum absolute atomic E-state index is 0.0153. The molecule has 3 aromatic carbocycles. The molecule has 86 heavy (non-hydrogen) atoms. The second-order valence-electron chi connectivity index (χ2n) is 23.6. The van der Waals surface area contributed by atoms with Crippen molar-refractivity contribution in [3.8, 4) is 28.5 Å². The number of aromatic amines is 2. The van der Waals surface area contributed by atoms with Gasteiger partial charge >= 0.3 is 0 Å². The van der Waals surface area contributed by atoms with Gasteiger partial charge in [-0.15, -0.1) is 5.10 Å². The summed E-state index contributed by atoms with van der Waals surface area (Å²) in [6.07, 6.45) is -11.5. The van der Waals surface area contributed by atoms with Gasteiger partial charge in [0.15, 0.2) is 18.9 Å². The van der Waals surface area contributed by atoms with E-state index in [2.05, 4.69) is 67.5 Å². The second kappa shape index (κ2) is 27.5.